The maximum atomic E-state index is 13.2. The van der Waals surface area contributed by atoms with E-state index in [0.717, 1.165) is 0 Å². The zero-order chi connectivity index (χ0) is 14.5. The number of nitriles is 1. The SMILES string of the molecule is N#Cc1ccccc1C(Nc1cccc(F)c1)C(N)=O. The minimum atomic E-state index is -0.896. The second kappa shape index (κ2) is 5.85. The van der Waals surface area contributed by atoms with Crippen molar-refractivity contribution in [3.05, 3.63) is 65.5 Å². The van der Waals surface area contributed by atoms with Crippen LogP contribution in [0.3, 0.4) is 0 Å². The lowest BCUT2D eigenvalue weighted by molar-refractivity contribution is -0.118. The number of anilines is 1. The van der Waals surface area contributed by atoms with Gasteiger partial charge in [0, 0.05) is 11.3 Å². The van der Waals surface area contributed by atoms with Crippen LogP contribution in [0, 0.1) is 17.1 Å². The van der Waals surface area contributed by atoms with E-state index in [9.17, 15) is 9.18 Å². The molecule has 0 heterocycles. The van der Waals surface area contributed by atoms with Gasteiger partial charge >= 0.3 is 0 Å². The molecule has 2 rings (SSSR count). The first-order chi connectivity index (χ1) is 9.61. The number of nitrogens with two attached hydrogens (primary N) is 1. The van der Waals surface area contributed by atoms with Crippen molar-refractivity contribution in [3.8, 4) is 6.07 Å². The van der Waals surface area contributed by atoms with Crippen LogP contribution in [-0.4, -0.2) is 5.91 Å². The fourth-order valence-corrected chi connectivity index (χ4v) is 1.90. The average molecular weight is 269 g/mol. The molecule has 5 heteroatoms. The standard InChI is InChI=1S/C15H12FN3O/c16-11-5-3-6-12(8-11)19-14(15(18)20)13-7-2-1-4-10(13)9-17/h1-8,14,19H,(H2,18,20). The fraction of sp³-hybridized carbons (Fsp3) is 0.0667. The molecule has 2 aromatic rings. The van der Waals surface area contributed by atoms with Gasteiger partial charge in [0.1, 0.15) is 11.9 Å². The van der Waals surface area contributed by atoms with Gasteiger partial charge in [-0.25, -0.2) is 4.39 Å². The predicted octanol–water partition coefficient (Wildman–Crippen LogP) is 2.34. The molecule has 0 aliphatic rings. The van der Waals surface area contributed by atoms with Crippen LogP contribution in [0.25, 0.3) is 0 Å². The third kappa shape index (κ3) is 2.93. The Morgan fingerprint density at radius 1 is 1.25 bits per heavy atom. The third-order valence-electron chi connectivity index (χ3n) is 2.81. The Morgan fingerprint density at radius 3 is 2.65 bits per heavy atom. The Kier molecular flexibility index (Phi) is 3.96. The van der Waals surface area contributed by atoms with E-state index in [1.54, 1.807) is 30.3 Å². The maximum Gasteiger partial charge on any atom is 0.244 e. The van der Waals surface area contributed by atoms with Gasteiger partial charge in [-0.05, 0) is 24.3 Å². The highest BCUT2D eigenvalue weighted by Crippen LogP contribution is 2.22. The van der Waals surface area contributed by atoms with Crippen molar-refractivity contribution in [2.75, 3.05) is 5.32 Å². The summed E-state index contributed by atoms with van der Waals surface area (Å²) in [5.74, 6) is -1.07. The summed E-state index contributed by atoms with van der Waals surface area (Å²) in [6.45, 7) is 0. The molecule has 20 heavy (non-hydrogen) atoms. The number of benzene rings is 2. The quantitative estimate of drug-likeness (QED) is 0.894. The Hall–Kier alpha value is -2.87. The number of primary amides is 1. The molecule has 1 amide bonds. The summed E-state index contributed by atoms with van der Waals surface area (Å²) < 4.78 is 13.2. The summed E-state index contributed by atoms with van der Waals surface area (Å²) in [6, 6.07) is 13.4. The second-order valence-electron chi connectivity index (χ2n) is 4.19. The molecule has 4 nitrogen and oxygen atoms in total. The van der Waals surface area contributed by atoms with Crippen molar-refractivity contribution in [2.24, 2.45) is 5.73 Å². The lowest BCUT2D eigenvalue weighted by Gasteiger charge is -2.18. The van der Waals surface area contributed by atoms with Crippen molar-refractivity contribution >= 4 is 11.6 Å². The van der Waals surface area contributed by atoms with E-state index in [1.165, 1.54) is 18.2 Å². The Morgan fingerprint density at radius 2 is 2.00 bits per heavy atom. The smallest absolute Gasteiger partial charge is 0.244 e. The first kappa shape index (κ1) is 13.6. The van der Waals surface area contributed by atoms with Crippen LogP contribution in [-0.2, 0) is 4.79 Å². The zero-order valence-electron chi connectivity index (χ0n) is 10.5. The van der Waals surface area contributed by atoms with E-state index in [0.29, 0.717) is 16.8 Å². The number of carbonyl (C=O) groups excluding carboxylic acids is 1. The van der Waals surface area contributed by atoms with E-state index >= 15 is 0 Å². The molecule has 0 aliphatic carbocycles. The van der Waals surface area contributed by atoms with E-state index in [2.05, 4.69) is 5.32 Å². The second-order valence-corrected chi connectivity index (χ2v) is 4.19. The van der Waals surface area contributed by atoms with Crippen molar-refractivity contribution in [2.45, 2.75) is 6.04 Å². The molecular weight excluding hydrogens is 257 g/mol. The molecule has 0 radical (unpaired) electrons. The highest BCUT2D eigenvalue weighted by atomic mass is 19.1. The van der Waals surface area contributed by atoms with Gasteiger partial charge in [-0.1, -0.05) is 24.3 Å². The molecule has 3 N–H and O–H groups in total. The largest absolute Gasteiger partial charge is 0.370 e. The minimum absolute atomic E-state index is 0.347. The highest BCUT2D eigenvalue weighted by molar-refractivity contribution is 5.85. The Labute approximate surface area is 115 Å². The van der Waals surface area contributed by atoms with E-state index in [4.69, 9.17) is 11.0 Å². The third-order valence-corrected chi connectivity index (χ3v) is 2.81. The number of nitrogens with one attached hydrogen (secondary N) is 1. The number of hydrogen-bond donors (Lipinski definition) is 2. The number of amides is 1. The molecule has 0 saturated carbocycles. The number of hydrogen-bond acceptors (Lipinski definition) is 3. The molecule has 0 saturated heterocycles. The van der Waals surface area contributed by atoms with E-state index in [-0.39, 0.29) is 0 Å². The van der Waals surface area contributed by atoms with Crippen LogP contribution in [0.5, 0.6) is 0 Å². The van der Waals surface area contributed by atoms with Gasteiger partial charge in [0.2, 0.25) is 5.91 Å². The van der Waals surface area contributed by atoms with Gasteiger partial charge in [-0.3, -0.25) is 4.79 Å². The summed E-state index contributed by atoms with van der Waals surface area (Å²) in [7, 11) is 0. The Balaban J connectivity index is 2.38. The van der Waals surface area contributed by atoms with Crippen LogP contribution in [0.15, 0.2) is 48.5 Å². The fourth-order valence-electron chi connectivity index (χ4n) is 1.90. The van der Waals surface area contributed by atoms with Crippen LogP contribution >= 0.6 is 0 Å². The highest BCUT2D eigenvalue weighted by Gasteiger charge is 2.20. The summed E-state index contributed by atoms with van der Waals surface area (Å²) in [6.07, 6.45) is 0. The van der Waals surface area contributed by atoms with Gasteiger partial charge in [0.25, 0.3) is 0 Å². The molecule has 100 valence electrons. The summed E-state index contributed by atoms with van der Waals surface area (Å²) in [5.41, 5.74) is 6.60. The monoisotopic (exact) mass is 269 g/mol. The molecule has 0 bridgehead atoms. The lowest BCUT2D eigenvalue weighted by atomic mass is 10.00. The average Bonchev–Trinajstić information content (AvgIpc) is 2.44. The van der Waals surface area contributed by atoms with Crippen molar-refractivity contribution in [1.82, 2.24) is 0 Å². The van der Waals surface area contributed by atoms with Crippen LogP contribution in [0.2, 0.25) is 0 Å². The Bertz CT molecular complexity index is 679. The van der Waals surface area contributed by atoms with Gasteiger partial charge in [0.15, 0.2) is 0 Å². The van der Waals surface area contributed by atoms with Gasteiger partial charge in [-0.2, -0.15) is 5.26 Å². The summed E-state index contributed by atoms with van der Waals surface area (Å²) >= 11 is 0. The van der Waals surface area contributed by atoms with Crippen LogP contribution < -0.4 is 11.1 Å². The van der Waals surface area contributed by atoms with Gasteiger partial charge in [0.05, 0.1) is 11.6 Å². The number of halogens is 1. The van der Waals surface area contributed by atoms with E-state index < -0.39 is 17.8 Å². The normalized spacial score (nSPS) is 11.4. The molecule has 0 fully saturated rings. The molecule has 0 spiro atoms. The van der Waals surface area contributed by atoms with E-state index in [1.807, 2.05) is 6.07 Å². The summed E-state index contributed by atoms with van der Waals surface area (Å²) in [4.78, 5) is 11.6. The number of nitrogens with zero attached hydrogens (tertiary/aromatic N) is 1. The van der Waals surface area contributed by atoms with Crippen molar-refractivity contribution in [3.63, 3.8) is 0 Å². The molecule has 1 atom stereocenters. The number of rotatable bonds is 4. The molecule has 1 unspecified atom stereocenters. The molecule has 0 aromatic heterocycles. The topological polar surface area (TPSA) is 78.9 Å². The van der Waals surface area contributed by atoms with Crippen molar-refractivity contribution < 1.29 is 9.18 Å². The van der Waals surface area contributed by atoms with Crippen LogP contribution in [0.4, 0.5) is 10.1 Å². The number of carbonyl (C=O) groups is 1. The first-order valence-electron chi connectivity index (χ1n) is 5.92. The predicted molar refractivity (Wildman–Crippen MR) is 73.1 cm³/mol. The molecular formula is C15H12FN3O. The lowest BCUT2D eigenvalue weighted by Crippen LogP contribution is -2.28. The van der Waals surface area contributed by atoms with Gasteiger partial charge < -0.3 is 11.1 Å². The minimum Gasteiger partial charge on any atom is -0.370 e. The molecule has 0 aliphatic heterocycles. The molecule has 2 aromatic carbocycles. The summed E-state index contributed by atoms with van der Waals surface area (Å²) in [5, 5.41) is 11.9. The zero-order valence-corrected chi connectivity index (χ0v) is 10.5. The van der Waals surface area contributed by atoms with Gasteiger partial charge in [-0.15, -0.1) is 0 Å². The van der Waals surface area contributed by atoms with Crippen LogP contribution in [0.1, 0.15) is 17.2 Å². The van der Waals surface area contributed by atoms with Crippen molar-refractivity contribution in [1.29, 1.82) is 5.26 Å². The maximum absolute atomic E-state index is 13.2. The first-order valence-corrected chi connectivity index (χ1v) is 5.92.